The van der Waals surface area contributed by atoms with E-state index in [1.54, 1.807) is 0 Å². The first-order valence-corrected chi connectivity index (χ1v) is 17.4. The van der Waals surface area contributed by atoms with Crippen molar-refractivity contribution >= 4 is 30.9 Å². The lowest BCUT2D eigenvalue weighted by molar-refractivity contribution is -0.302. The van der Waals surface area contributed by atoms with Crippen LogP contribution in [0.3, 0.4) is 0 Å². The van der Waals surface area contributed by atoms with E-state index in [9.17, 15) is 0 Å². The largest absolute Gasteiger partial charge is 0.414 e. The van der Waals surface area contributed by atoms with E-state index in [-0.39, 0.29) is 23.4 Å². The zero-order valence-electron chi connectivity index (χ0n) is 24.1. The van der Waals surface area contributed by atoms with E-state index in [2.05, 4.69) is 110 Å². The van der Waals surface area contributed by atoms with E-state index in [0.29, 0.717) is 19.1 Å². The van der Waals surface area contributed by atoms with Crippen LogP contribution in [-0.2, 0) is 25.2 Å². The molecular weight excluding hydrogens is 591 g/mol. The zero-order valence-corrected chi connectivity index (χ0v) is 27.2. The van der Waals surface area contributed by atoms with Gasteiger partial charge in [0.15, 0.2) is 14.1 Å². The molecule has 2 rings (SSSR count). The van der Waals surface area contributed by atoms with Crippen LogP contribution in [0.5, 0.6) is 0 Å². The van der Waals surface area contributed by atoms with Gasteiger partial charge in [0.25, 0.3) is 0 Å². The van der Waals surface area contributed by atoms with Gasteiger partial charge < -0.3 is 18.6 Å². The van der Waals surface area contributed by atoms with Gasteiger partial charge in [-0.2, -0.15) is 0 Å². The molecule has 0 N–H and O–H groups in total. The molecule has 0 unspecified atom stereocenters. The molecule has 1 aromatic rings. The fourth-order valence-electron chi connectivity index (χ4n) is 4.07. The number of unbranched alkanes of at least 4 members (excludes halogenated alkanes) is 1. The molecule has 1 saturated heterocycles. The highest BCUT2D eigenvalue weighted by atomic mass is 127. The summed E-state index contributed by atoms with van der Waals surface area (Å²) in [5.41, 5.74) is 1.12. The van der Waals surface area contributed by atoms with Crippen LogP contribution >= 0.6 is 22.6 Å². The van der Waals surface area contributed by atoms with Crippen LogP contribution in [0.15, 0.2) is 54.6 Å². The highest BCUT2D eigenvalue weighted by molar-refractivity contribution is 14.1. The second-order valence-corrected chi connectivity index (χ2v) is 17.1. The van der Waals surface area contributed by atoms with Gasteiger partial charge in [-0.1, -0.05) is 81.3 Å². The number of hydrogen-bond acceptors (Lipinski definition) is 4. The molecule has 0 spiro atoms. The number of halogens is 1. The molecule has 37 heavy (non-hydrogen) atoms. The van der Waals surface area contributed by atoms with Crippen LogP contribution in [0.1, 0.15) is 72.8 Å². The summed E-state index contributed by atoms with van der Waals surface area (Å²) in [6.07, 6.45) is 12.3. The van der Waals surface area contributed by atoms with E-state index >= 15 is 0 Å². The van der Waals surface area contributed by atoms with E-state index in [1.165, 1.54) is 0 Å². The summed E-state index contributed by atoms with van der Waals surface area (Å²) in [5.74, 6) is 2.49. The van der Waals surface area contributed by atoms with Gasteiger partial charge in [0.1, 0.15) is 12.2 Å². The van der Waals surface area contributed by atoms with Crippen LogP contribution in [-0.4, -0.2) is 38.5 Å². The molecule has 0 saturated carbocycles. The third kappa shape index (κ3) is 11.8. The molecule has 1 aliphatic heterocycles. The molecule has 0 radical (unpaired) electrons. The van der Waals surface area contributed by atoms with Gasteiger partial charge in [-0.3, -0.25) is 0 Å². The first-order chi connectivity index (χ1) is 17.3. The van der Waals surface area contributed by atoms with Gasteiger partial charge in [0.05, 0.1) is 12.7 Å². The lowest BCUT2D eigenvalue weighted by Crippen LogP contribution is -2.48. The van der Waals surface area contributed by atoms with Crippen molar-refractivity contribution in [1.82, 2.24) is 0 Å². The fourth-order valence-corrected chi connectivity index (χ4v) is 5.85. The van der Waals surface area contributed by atoms with Crippen LogP contribution in [0.4, 0.5) is 0 Å². The maximum Gasteiger partial charge on any atom is 0.192 e. The molecule has 0 aromatic heterocycles. The summed E-state index contributed by atoms with van der Waals surface area (Å²) in [4.78, 5) is 0. The molecule has 0 aliphatic carbocycles. The summed E-state index contributed by atoms with van der Waals surface area (Å²) < 4.78 is 28.0. The van der Waals surface area contributed by atoms with Gasteiger partial charge in [0.2, 0.25) is 0 Å². The predicted molar refractivity (Wildman–Crippen MR) is 165 cm³/mol. The maximum atomic E-state index is 6.47. The maximum absolute atomic E-state index is 6.47. The predicted octanol–water partition coefficient (Wildman–Crippen LogP) is 8.57. The third-order valence-electron chi connectivity index (χ3n) is 7.00. The van der Waals surface area contributed by atoms with Crippen molar-refractivity contribution in [2.24, 2.45) is 0 Å². The molecular formula is C31H47IO4Si. The molecule has 4 nitrogen and oxygen atoms in total. The average Bonchev–Trinajstić information content (AvgIpc) is 2.79. The minimum atomic E-state index is -1.69. The second kappa shape index (κ2) is 15.0. The van der Waals surface area contributed by atoms with Crippen molar-refractivity contribution < 1.29 is 18.6 Å². The monoisotopic (exact) mass is 638 g/mol. The Morgan fingerprint density at radius 3 is 2.51 bits per heavy atom. The van der Waals surface area contributed by atoms with Crippen molar-refractivity contribution in [2.75, 3.05) is 0 Å². The number of benzene rings is 1. The summed E-state index contributed by atoms with van der Waals surface area (Å²) >= 11 is 2.06. The smallest absolute Gasteiger partial charge is 0.192 e. The number of hydrogen-bond donors (Lipinski definition) is 0. The number of rotatable bonds is 12. The standard InChI is InChI=1S/C31H47IO4Si/c1-25(36-37(7,8)30(2,3)4)17-13-10-9-11-16-20-27-23-29(35-31(5,6)34-27)28(21-22-32)33-24-26-18-14-12-15-19-26/h9,11-12,14-16,18-20,25,27-29H,10,13,17,23-24H2,1-8H3/b11-9+,20-16+/t25-,27+,28+,29-/m1/s1. The quantitative estimate of drug-likeness (QED) is 0.0756. The normalized spacial score (nSPS) is 22.1. The Labute approximate surface area is 240 Å². The Morgan fingerprint density at radius 1 is 1.16 bits per heavy atom. The van der Waals surface area contributed by atoms with Gasteiger partial charge in [-0.25, -0.2) is 0 Å². The van der Waals surface area contributed by atoms with E-state index < -0.39 is 14.1 Å². The fraction of sp³-hybridized carbons (Fsp3) is 0.613. The van der Waals surface area contributed by atoms with Crippen molar-refractivity contribution in [3.05, 3.63) is 60.2 Å². The molecule has 206 valence electrons. The molecule has 1 aromatic carbocycles. The van der Waals surface area contributed by atoms with Gasteiger partial charge in [0, 0.05) is 35.1 Å². The van der Waals surface area contributed by atoms with Crippen molar-refractivity contribution in [1.29, 1.82) is 0 Å². The molecule has 0 amide bonds. The van der Waals surface area contributed by atoms with Crippen LogP contribution in [0, 0.1) is 9.85 Å². The van der Waals surface area contributed by atoms with E-state index in [1.807, 2.05) is 32.0 Å². The SMILES string of the molecule is C[C@H](CCC/C=C/C=C/[C@H]1C[C@H]([C@H](C#CI)OCc2ccccc2)OC(C)(C)O1)O[Si](C)(C)C(C)(C)C. The third-order valence-corrected chi connectivity index (χ3v) is 11.9. The van der Waals surface area contributed by atoms with Gasteiger partial charge in [-0.05, 0) is 67.7 Å². The molecule has 4 atom stereocenters. The summed E-state index contributed by atoms with van der Waals surface area (Å²) in [6, 6.07) is 10.2. The molecule has 6 heteroatoms. The summed E-state index contributed by atoms with van der Waals surface area (Å²) in [7, 11) is -1.69. The van der Waals surface area contributed by atoms with Gasteiger partial charge >= 0.3 is 0 Å². The summed E-state index contributed by atoms with van der Waals surface area (Å²) in [5, 5.41) is 0.253. The molecule has 0 bridgehead atoms. The van der Waals surface area contributed by atoms with Crippen LogP contribution in [0.25, 0.3) is 0 Å². The van der Waals surface area contributed by atoms with Crippen LogP contribution in [0.2, 0.25) is 18.1 Å². The molecule has 1 aliphatic rings. The van der Waals surface area contributed by atoms with E-state index in [4.69, 9.17) is 18.6 Å². The topological polar surface area (TPSA) is 36.9 Å². The average molecular weight is 639 g/mol. The van der Waals surface area contributed by atoms with E-state index in [0.717, 1.165) is 24.8 Å². The first-order valence-electron chi connectivity index (χ1n) is 13.5. The summed E-state index contributed by atoms with van der Waals surface area (Å²) in [6.45, 7) is 18.1. The van der Waals surface area contributed by atoms with Crippen LogP contribution < -0.4 is 0 Å². The minimum Gasteiger partial charge on any atom is -0.414 e. The Hall–Kier alpha value is -0.953. The van der Waals surface area contributed by atoms with Crippen molar-refractivity contribution in [3.8, 4) is 9.85 Å². The lowest BCUT2D eigenvalue weighted by Gasteiger charge is -2.41. The molecule has 1 fully saturated rings. The van der Waals surface area contributed by atoms with Crippen molar-refractivity contribution in [3.63, 3.8) is 0 Å². The van der Waals surface area contributed by atoms with Gasteiger partial charge in [-0.15, -0.1) is 0 Å². The first kappa shape index (κ1) is 32.3. The Kier molecular flexibility index (Phi) is 13.1. The minimum absolute atomic E-state index is 0.0600. The van der Waals surface area contributed by atoms with Crippen molar-refractivity contribution in [2.45, 2.75) is 122 Å². The second-order valence-electron chi connectivity index (χ2n) is 11.8. The lowest BCUT2D eigenvalue weighted by atomic mass is 10.0. The Morgan fingerprint density at radius 2 is 1.86 bits per heavy atom. The Balaban J connectivity index is 1.84. The highest BCUT2D eigenvalue weighted by Gasteiger charge is 2.39. The highest BCUT2D eigenvalue weighted by Crippen LogP contribution is 2.37. The molecule has 1 heterocycles. The Bertz CT molecular complexity index is 924. The number of ether oxygens (including phenoxy) is 3. The number of allylic oxidation sites excluding steroid dienone is 3. The zero-order chi connectivity index (χ0) is 27.5.